The minimum Gasteiger partial charge on any atom is -0.381 e. The van der Waals surface area contributed by atoms with Crippen LogP contribution >= 0.6 is 0 Å². The van der Waals surface area contributed by atoms with Gasteiger partial charge in [0.05, 0.1) is 13.2 Å². The first-order valence-electron chi connectivity index (χ1n) is 9.38. The van der Waals surface area contributed by atoms with Gasteiger partial charge in [0.15, 0.2) is 5.96 Å². The molecule has 2 N–H and O–H groups in total. The van der Waals surface area contributed by atoms with Gasteiger partial charge in [-0.2, -0.15) is 0 Å². The van der Waals surface area contributed by atoms with Gasteiger partial charge in [0.2, 0.25) is 0 Å². The monoisotopic (exact) mass is 365 g/mol. The number of nitrogens with one attached hydrogen (secondary N) is 2. The van der Waals surface area contributed by atoms with Gasteiger partial charge in [0.1, 0.15) is 5.82 Å². The largest absolute Gasteiger partial charge is 0.381 e. The first kappa shape index (κ1) is 20.6. The Balaban J connectivity index is 1.65. The molecule has 1 fully saturated rings. The van der Waals surface area contributed by atoms with Crippen molar-refractivity contribution in [2.45, 2.75) is 32.1 Å². The van der Waals surface area contributed by atoms with Crippen LogP contribution in [0.1, 0.15) is 32.3 Å². The molecule has 146 valence electrons. The molecule has 1 unspecified atom stereocenters. The third-order valence-corrected chi connectivity index (χ3v) is 4.66. The number of hydrogen-bond donors (Lipinski definition) is 2. The van der Waals surface area contributed by atoms with E-state index in [-0.39, 0.29) is 11.2 Å². The summed E-state index contributed by atoms with van der Waals surface area (Å²) in [5, 5.41) is 6.56. The van der Waals surface area contributed by atoms with E-state index in [2.05, 4.69) is 15.6 Å². The summed E-state index contributed by atoms with van der Waals surface area (Å²) in [6.07, 6.45) is 2.01. The fourth-order valence-corrected chi connectivity index (χ4v) is 2.98. The Bertz CT molecular complexity index is 572. The highest BCUT2D eigenvalue weighted by atomic mass is 19.1. The number of halogens is 1. The number of benzene rings is 1. The van der Waals surface area contributed by atoms with Gasteiger partial charge >= 0.3 is 0 Å². The van der Waals surface area contributed by atoms with Crippen LogP contribution < -0.4 is 10.6 Å². The third kappa shape index (κ3) is 6.57. The number of nitrogens with zero attached hydrogens (tertiary/aromatic N) is 1. The van der Waals surface area contributed by atoms with E-state index in [0.29, 0.717) is 18.0 Å². The van der Waals surface area contributed by atoms with Gasteiger partial charge in [-0.3, -0.25) is 4.99 Å². The summed E-state index contributed by atoms with van der Waals surface area (Å²) in [7, 11) is 1.74. The van der Waals surface area contributed by atoms with Crippen molar-refractivity contribution < 1.29 is 13.9 Å². The molecule has 0 bridgehead atoms. The van der Waals surface area contributed by atoms with Crippen molar-refractivity contribution in [3.05, 3.63) is 35.6 Å². The summed E-state index contributed by atoms with van der Waals surface area (Å²) in [6, 6.07) is 6.91. The van der Waals surface area contributed by atoms with Gasteiger partial charge in [-0.1, -0.05) is 32.0 Å². The van der Waals surface area contributed by atoms with Crippen molar-refractivity contribution in [3.63, 3.8) is 0 Å². The molecule has 0 amide bonds. The lowest BCUT2D eigenvalue weighted by Gasteiger charge is -2.27. The van der Waals surface area contributed by atoms with Crippen LogP contribution in [0.5, 0.6) is 0 Å². The second-order valence-electron chi connectivity index (χ2n) is 7.37. The molecule has 2 rings (SSSR count). The topological polar surface area (TPSA) is 54.9 Å². The Morgan fingerprint density at radius 1 is 1.35 bits per heavy atom. The molecule has 1 aromatic rings. The van der Waals surface area contributed by atoms with E-state index in [0.717, 1.165) is 51.8 Å². The fourth-order valence-electron chi connectivity index (χ4n) is 2.98. The van der Waals surface area contributed by atoms with Gasteiger partial charge in [-0.15, -0.1) is 0 Å². The highest BCUT2D eigenvalue weighted by Gasteiger charge is 2.24. The Morgan fingerprint density at radius 3 is 2.85 bits per heavy atom. The summed E-state index contributed by atoms with van der Waals surface area (Å²) in [6.45, 7) is 8.60. The van der Waals surface area contributed by atoms with E-state index in [1.165, 1.54) is 6.07 Å². The fraction of sp³-hybridized carbons (Fsp3) is 0.650. The van der Waals surface area contributed by atoms with E-state index in [1.54, 1.807) is 13.1 Å². The molecule has 5 nitrogen and oxygen atoms in total. The van der Waals surface area contributed by atoms with Crippen molar-refractivity contribution in [1.82, 2.24) is 10.6 Å². The molecule has 6 heteroatoms. The van der Waals surface area contributed by atoms with E-state index in [9.17, 15) is 4.39 Å². The highest BCUT2D eigenvalue weighted by Crippen LogP contribution is 2.24. The average Bonchev–Trinajstić information content (AvgIpc) is 3.14. The zero-order chi connectivity index (χ0) is 18.8. The van der Waals surface area contributed by atoms with Crippen LogP contribution in [0.4, 0.5) is 4.39 Å². The molecule has 0 aliphatic carbocycles. The lowest BCUT2D eigenvalue weighted by Crippen LogP contribution is -2.44. The van der Waals surface area contributed by atoms with Crippen LogP contribution in [0.2, 0.25) is 0 Å². The smallest absolute Gasteiger partial charge is 0.191 e. The maximum Gasteiger partial charge on any atom is 0.191 e. The van der Waals surface area contributed by atoms with E-state index >= 15 is 0 Å². The zero-order valence-corrected chi connectivity index (χ0v) is 16.2. The van der Waals surface area contributed by atoms with E-state index in [1.807, 2.05) is 26.0 Å². The summed E-state index contributed by atoms with van der Waals surface area (Å²) in [5.41, 5.74) is 0.363. The van der Waals surface area contributed by atoms with Crippen LogP contribution in [-0.4, -0.2) is 52.5 Å². The molecule has 0 radical (unpaired) electrons. The molecule has 26 heavy (non-hydrogen) atoms. The number of rotatable bonds is 9. The van der Waals surface area contributed by atoms with Crippen LogP contribution in [0.3, 0.4) is 0 Å². The molecule has 1 atom stereocenters. The molecule has 1 aliphatic heterocycles. The Morgan fingerprint density at radius 2 is 2.15 bits per heavy atom. The van der Waals surface area contributed by atoms with Gasteiger partial charge in [0.25, 0.3) is 0 Å². The number of ether oxygens (including phenoxy) is 2. The Kier molecular flexibility index (Phi) is 8.32. The summed E-state index contributed by atoms with van der Waals surface area (Å²) >= 11 is 0. The van der Waals surface area contributed by atoms with Gasteiger partial charge in [-0.25, -0.2) is 4.39 Å². The second kappa shape index (κ2) is 10.5. The van der Waals surface area contributed by atoms with Gasteiger partial charge in [0, 0.05) is 44.7 Å². The summed E-state index contributed by atoms with van der Waals surface area (Å²) in [4.78, 5) is 4.23. The molecule has 0 saturated carbocycles. The SMILES string of the molecule is CN=C(NCCCOCC1CCOC1)NCC(C)(C)c1ccccc1F. The third-order valence-electron chi connectivity index (χ3n) is 4.66. The van der Waals surface area contributed by atoms with E-state index < -0.39 is 0 Å². The lowest BCUT2D eigenvalue weighted by molar-refractivity contribution is 0.0888. The zero-order valence-electron chi connectivity index (χ0n) is 16.2. The molecule has 1 aliphatic rings. The lowest BCUT2D eigenvalue weighted by atomic mass is 9.84. The number of aliphatic imine (C=N–C) groups is 1. The van der Waals surface area contributed by atoms with Crippen LogP contribution in [0.15, 0.2) is 29.3 Å². The quantitative estimate of drug-likeness (QED) is 0.401. The van der Waals surface area contributed by atoms with E-state index in [4.69, 9.17) is 9.47 Å². The molecule has 1 aromatic carbocycles. The average molecular weight is 365 g/mol. The maximum absolute atomic E-state index is 14.0. The predicted octanol–water partition coefficient (Wildman–Crippen LogP) is 2.71. The standard InChI is InChI=1S/C20H32FN3O2/c1-20(2,17-7-4-5-8-18(17)21)15-24-19(22-3)23-10-6-11-25-13-16-9-12-26-14-16/h4-5,7-8,16H,6,9-15H2,1-3H3,(H2,22,23,24). The molecule has 0 aromatic heterocycles. The maximum atomic E-state index is 14.0. The molecule has 1 heterocycles. The van der Waals surface area contributed by atoms with Gasteiger partial charge in [-0.05, 0) is 24.5 Å². The van der Waals surface area contributed by atoms with Gasteiger partial charge < -0.3 is 20.1 Å². The van der Waals surface area contributed by atoms with Crippen molar-refractivity contribution in [3.8, 4) is 0 Å². The summed E-state index contributed by atoms with van der Waals surface area (Å²) < 4.78 is 25.1. The molecule has 0 spiro atoms. The Labute approximate surface area is 156 Å². The number of guanidine groups is 1. The molecule has 1 saturated heterocycles. The van der Waals surface area contributed by atoms with Crippen molar-refractivity contribution in [2.75, 3.05) is 46.6 Å². The first-order chi connectivity index (χ1) is 12.5. The van der Waals surface area contributed by atoms with Crippen LogP contribution in [-0.2, 0) is 14.9 Å². The molecular weight excluding hydrogens is 333 g/mol. The van der Waals surface area contributed by atoms with Crippen molar-refractivity contribution in [1.29, 1.82) is 0 Å². The molecular formula is C20H32FN3O2. The number of hydrogen-bond acceptors (Lipinski definition) is 3. The minimum atomic E-state index is -0.338. The van der Waals surface area contributed by atoms with Crippen molar-refractivity contribution in [2.24, 2.45) is 10.9 Å². The van der Waals surface area contributed by atoms with Crippen molar-refractivity contribution >= 4 is 5.96 Å². The minimum absolute atomic E-state index is 0.174. The Hall–Kier alpha value is -1.66. The van der Waals surface area contributed by atoms with Crippen LogP contribution in [0, 0.1) is 11.7 Å². The first-order valence-corrected chi connectivity index (χ1v) is 9.38. The predicted molar refractivity (Wildman–Crippen MR) is 103 cm³/mol. The van der Waals surface area contributed by atoms with Crippen LogP contribution in [0.25, 0.3) is 0 Å². The second-order valence-corrected chi connectivity index (χ2v) is 7.37. The highest BCUT2D eigenvalue weighted by molar-refractivity contribution is 5.79. The normalized spacial score (nSPS) is 18.2. The summed E-state index contributed by atoms with van der Waals surface area (Å²) in [5.74, 6) is 1.10.